The lowest BCUT2D eigenvalue weighted by atomic mass is 10.1. The van der Waals surface area contributed by atoms with Crippen LogP contribution in [0.15, 0.2) is 72.9 Å². The summed E-state index contributed by atoms with van der Waals surface area (Å²) in [5, 5.41) is 4.40. The predicted octanol–water partition coefficient (Wildman–Crippen LogP) is 3.94. The van der Waals surface area contributed by atoms with E-state index in [-0.39, 0.29) is 12.6 Å². The van der Waals surface area contributed by atoms with Crippen LogP contribution in [0.3, 0.4) is 0 Å². The van der Waals surface area contributed by atoms with E-state index in [2.05, 4.69) is 5.10 Å². The van der Waals surface area contributed by atoms with E-state index in [1.165, 1.54) is 11.6 Å². The highest BCUT2D eigenvalue weighted by Gasteiger charge is 2.03. The average Bonchev–Trinajstić information content (AvgIpc) is 3.09. The van der Waals surface area contributed by atoms with Crippen molar-refractivity contribution in [2.75, 3.05) is 0 Å². The molecule has 3 aromatic rings. The van der Waals surface area contributed by atoms with Crippen LogP contribution in [0.1, 0.15) is 16.8 Å². The van der Waals surface area contributed by atoms with E-state index >= 15 is 0 Å². The summed E-state index contributed by atoms with van der Waals surface area (Å²) >= 11 is 0. The SMILES string of the molecule is Cc1ccc(/C=C/C(=O)OCc2ccn(-c3ccccc3)n2)cc1. The van der Waals surface area contributed by atoms with E-state index < -0.39 is 0 Å². The molecule has 4 heteroatoms. The second-order valence-corrected chi connectivity index (χ2v) is 5.44. The number of esters is 1. The van der Waals surface area contributed by atoms with Gasteiger partial charge in [0, 0.05) is 12.3 Å². The summed E-state index contributed by atoms with van der Waals surface area (Å²) in [6.45, 7) is 2.17. The van der Waals surface area contributed by atoms with Crippen LogP contribution in [0.25, 0.3) is 11.8 Å². The van der Waals surface area contributed by atoms with Gasteiger partial charge in [0.25, 0.3) is 0 Å². The third-order valence-corrected chi connectivity index (χ3v) is 3.52. The first-order valence-electron chi connectivity index (χ1n) is 7.72. The van der Waals surface area contributed by atoms with Gasteiger partial charge in [-0.25, -0.2) is 9.48 Å². The third kappa shape index (κ3) is 4.20. The monoisotopic (exact) mass is 318 g/mol. The van der Waals surface area contributed by atoms with Crippen LogP contribution in [-0.4, -0.2) is 15.7 Å². The molecule has 0 spiro atoms. The van der Waals surface area contributed by atoms with Gasteiger partial charge >= 0.3 is 5.97 Å². The smallest absolute Gasteiger partial charge is 0.331 e. The highest BCUT2D eigenvalue weighted by Crippen LogP contribution is 2.08. The first-order chi connectivity index (χ1) is 11.7. The fourth-order valence-corrected chi connectivity index (χ4v) is 2.20. The van der Waals surface area contributed by atoms with Crippen LogP contribution in [0.4, 0.5) is 0 Å². The topological polar surface area (TPSA) is 44.1 Å². The Morgan fingerprint density at radius 2 is 1.83 bits per heavy atom. The standard InChI is InChI=1S/C20H18N2O2/c1-16-7-9-17(10-8-16)11-12-20(23)24-15-18-13-14-22(21-18)19-5-3-2-4-6-19/h2-14H,15H2,1H3/b12-11+. The fraction of sp³-hybridized carbons (Fsp3) is 0.100. The lowest BCUT2D eigenvalue weighted by Gasteiger charge is -2.01. The average molecular weight is 318 g/mol. The number of hydrogen-bond donors (Lipinski definition) is 0. The van der Waals surface area contributed by atoms with Gasteiger partial charge in [0.15, 0.2) is 0 Å². The summed E-state index contributed by atoms with van der Waals surface area (Å²) in [7, 11) is 0. The Bertz CT molecular complexity index is 834. The summed E-state index contributed by atoms with van der Waals surface area (Å²) in [6, 6.07) is 19.5. The summed E-state index contributed by atoms with van der Waals surface area (Å²) < 4.78 is 6.98. The van der Waals surface area contributed by atoms with Crippen molar-refractivity contribution in [3.63, 3.8) is 0 Å². The minimum Gasteiger partial charge on any atom is -0.456 e. The largest absolute Gasteiger partial charge is 0.456 e. The molecule has 0 aliphatic heterocycles. The summed E-state index contributed by atoms with van der Waals surface area (Å²) in [4.78, 5) is 11.8. The lowest BCUT2D eigenvalue weighted by molar-refractivity contribution is -0.139. The first-order valence-corrected chi connectivity index (χ1v) is 7.72. The van der Waals surface area contributed by atoms with Crippen molar-refractivity contribution in [3.05, 3.63) is 89.8 Å². The van der Waals surface area contributed by atoms with Crippen molar-refractivity contribution < 1.29 is 9.53 Å². The van der Waals surface area contributed by atoms with Crippen molar-refractivity contribution >= 4 is 12.0 Å². The second-order valence-electron chi connectivity index (χ2n) is 5.44. The van der Waals surface area contributed by atoms with Gasteiger partial charge in [-0.2, -0.15) is 5.10 Å². The van der Waals surface area contributed by atoms with Crippen molar-refractivity contribution in [2.45, 2.75) is 13.5 Å². The number of carbonyl (C=O) groups is 1. The van der Waals surface area contributed by atoms with Gasteiger partial charge in [0.1, 0.15) is 12.3 Å². The molecule has 0 amide bonds. The van der Waals surface area contributed by atoms with Crippen molar-refractivity contribution in [3.8, 4) is 5.69 Å². The molecule has 120 valence electrons. The molecule has 0 N–H and O–H groups in total. The molecule has 0 fully saturated rings. The molecule has 2 aromatic carbocycles. The van der Waals surface area contributed by atoms with Gasteiger partial charge < -0.3 is 4.74 Å². The molecule has 24 heavy (non-hydrogen) atoms. The number of ether oxygens (including phenoxy) is 1. The minimum atomic E-state index is -0.384. The van der Waals surface area contributed by atoms with Crippen LogP contribution in [0.5, 0.6) is 0 Å². The number of hydrogen-bond acceptors (Lipinski definition) is 3. The molecule has 0 radical (unpaired) electrons. The van der Waals surface area contributed by atoms with Gasteiger partial charge in [-0.05, 0) is 36.8 Å². The molecular formula is C20H18N2O2. The van der Waals surface area contributed by atoms with E-state index in [1.807, 2.05) is 73.8 Å². The van der Waals surface area contributed by atoms with E-state index in [1.54, 1.807) is 10.8 Å². The van der Waals surface area contributed by atoms with E-state index in [0.29, 0.717) is 5.69 Å². The first kappa shape index (κ1) is 15.7. The van der Waals surface area contributed by atoms with E-state index in [9.17, 15) is 4.79 Å². The Balaban J connectivity index is 1.55. The van der Waals surface area contributed by atoms with Crippen LogP contribution in [-0.2, 0) is 16.1 Å². The maximum atomic E-state index is 11.8. The van der Waals surface area contributed by atoms with E-state index in [0.717, 1.165) is 11.3 Å². The Labute approximate surface area is 141 Å². The van der Waals surface area contributed by atoms with Gasteiger partial charge in [0.2, 0.25) is 0 Å². The normalized spacial score (nSPS) is 10.9. The Kier molecular flexibility index (Phi) is 4.87. The fourth-order valence-electron chi connectivity index (χ4n) is 2.20. The Morgan fingerprint density at radius 3 is 2.58 bits per heavy atom. The lowest BCUT2D eigenvalue weighted by Crippen LogP contribution is -2.02. The minimum absolute atomic E-state index is 0.150. The number of aromatic nitrogens is 2. The zero-order chi connectivity index (χ0) is 16.8. The Hall–Kier alpha value is -3.14. The van der Waals surface area contributed by atoms with Crippen LogP contribution in [0, 0.1) is 6.92 Å². The predicted molar refractivity (Wildman–Crippen MR) is 93.6 cm³/mol. The zero-order valence-electron chi connectivity index (χ0n) is 13.4. The van der Waals surface area contributed by atoms with Gasteiger partial charge in [-0.1, -0.05) is 48.0 Å². The number of rotatable bonds is 5. The summed E-state index contributed by atoms with van der Waals surface area (Å²) in [5.74, 6) is -0.384. The van der Waals surface area contributed by atoms with E-state index in [4.69, 9.17) is 4.74 Å². The number of benzene rings is 2. The molecule has 1 heterocycles. The maximum absolute atomic E-state index is 11.8. The molecule has 0 unspecified atom stereocenters. The van der Waals surface area contributed by atoms with Crippen molar-refractivity contribution in [1.29, 1.82) is 0 Å². The quantitative estimate of drug-likeness (QED) is 0.529. The Morgan fingerprint density at radius 1 is 1.08 bits per heavy atom. The molecule has 4 nitrogen and oxygen atoms in total. The molecule has 0 aliphatic rings. The number of para-hydroxylation sites is 1. The third-order valence-electron chi connectivity index (χ3n) is 3.52. The molecule has 0 saturated heterocycles. The van der Waals surface area contributed by atoms with Gasteiger partial charge in [0.05, 0.1) is 5.69 Å². The van der Waals surface area contributed by atoms with Gasteiger partial charge in [-0.3, -0.25) is 0 Å². The van der Waals surface area contributed by atoms with Crippen molar-refractivity contribution in [2.24, 2.45) is 0 Å². The summed E-state index contributed by atoms with van der Waals surface area (Å²) in [6.07, 6.45) is 5.02. The van der Waals surface area contributed by atoms with Crippen LogP contribution in [0.2, 0.25) is 0 Å². The molecule has 0 aliphatic carbocycles. The van der Waals surface area contributed by atoms with Gasteiger partial charge in [-0.15, -0.1) is 0 Å². The summed E-state index contributed by atoms with van der Waals surface area (Å²) in [5.41, 5.74) is 3.82. The second kappa shape index (κ2) is 7.42. The maximum Gasteiger partial charge on any atom is 0.331 e. The molecule has 3 rings (SSSR count). The van der Waals surface area contributed by atoms with Crippen LogP contribution < -0.4 is 0 Å². The number of nitrogens with zero attached hydrogens (tertiary/aromatic N) is 2. The zero-order valence-corrected chi connectivity index (χ0v) is 13.4. The molecule has 0 bridgehead atoms. The van der Waals surface area contributed by atoms with Crippen molar-refractivity contribution in [1.82, 2.24) is 9.78 Å². The molecule has 0 saturated carbocycles. The van der Waals surface area contributed by atoms with Crippen LogP contribution >= 0.6 is 0 Å². The molecular weight excluding hydrogens is 300 g/mol. The highest BCUT2D eigenvalue weighted by atomic mass is 16.5. The number of carbonyl (C=O) groups excluding carboxylic acids is 1. The number of aryl methyl sites for hydroxylation is 1. The molecule has 1 aromatic heterocycles. The molecule has 0 atom stereocenters. The highest BCUT2D eigenvalue weighted by molar-refractivity contribution is 5.87.